The van der Waals surface area contributed by atoms with Gasteiger partial charge in [-0.05, 0) is 23.1 Å². The minimum absolute atomic E-state index is 0.152. The van der Waals surface area contributed by atoms with Crippen molar-refractivity contribution in [2.24, 2.45) is 11.3 Å². The van der Waals surface area contributed by atoms with Gasteiger partial charge in [0.2, 0.25) is 0 Å². The summed E-state index contributed by atoms with van der Waals surface area (Å²) in [4.78, 5) is 0. The first kappa shape index (κ1) is 14.8. The number of halogens is 3. The predicted molar refractivity (Wildman–Crippen MR) is 62.6 cm³/mol. The molecule has 1 aromatic carbocycles. The zero-order valence-electron chi connectivity index (χ0n) is 10.5. The molecule has 0 amide bonds. The molecule has 3 N–H and O–H groups in total. The summed E-state index contributed by atoms with van der Waals surface area (Å²) < 4.78 is 39.8. The fraction of sp³-hybridized carbons (Fsp3) is 0.500. The van der Waals surface area contributed by atoms with Gasteiger partial charge in [-0.1, -0.05) is 32.9 Å². The molecule has 102 valence electrons. The Labute approximate surface area is 104 Å². The number of nitrogens with two attached hydrogens (primary N) is 1. The summed E-state index contributed by atoms with van der Waals surface area (Å²) in [5.41, 5.74) is 3.32. The van der Waals surface area contributed by atoms with E-state index in [0.29, 0.717) is 0 Å². The summed E-state index contributed by atoms with van der Waals surface area (Å²) >= 11 is 0. The van der Waals surface area contributed by atoms with Gasteiger partial charge in [0, 0.05) is 0 Å². The lowest BCUT2D eigenvalue weighted by Gasteiger charge is -2.30. The van der Waals surface area contributed by atoms with E-state index in [2.05, 4.69) is 10.2 Å². The SMILES string of the molecule is CC(C)(C)C(NN)c1ccc(OC(F)(F)F)cc1. The van der Waals surface area contributed by atoms with Gasteiger partial charge in [-0.2, -0.15) is 0 Å². The van der Waals surface area contributed by atoms with Crippen molar-refractivity contribution in [2.75, 3.05) is 0 Å². The Bertz CT molecular complexity index is 382. The molecular weight excluding hydrogens is 245 g/mol. The highest BCUT2D eigenvalue weighted by Crippen LogP contribution is 2.33. The first-order valence-corrected chi connectivity index (χ1v) is 5.45. The van der Waals surface area contributed by atoms with Gasteiger partial charge in [0.25, 0.3) is 0 Å². The second-order valence-corrected chi connectivity index (χ2v) is 5.08. The summed E-state index contributed by atoms with van der Waals surface area (Å²) in [7, 11) is 0. The molecular formula is C12H17F3N2O. The molecule has 0 aromatic heterocycles. The van der Waals surface area contributed by atoms with Crippen molar-refractivity contribution in [1.82, 2.24) is 5.43 Å². The predicted octanol–water partition coefficient (Wildman–Crippen LogP) is 3.14. The van der Waals surface area contributed by atoms with Crippen molar-refractivity contribution < 1.29 is 17.9 Å². The standard InChI is InChI=1S/C12H17F3N2O/c1-11(2,3)10(17-16)8-4-6-9(7-5-8)18-12(13,14)15/h4-7,10,17H,16H2,1-3H3. The van der Waals surface area contributed by atoms with Crippen LogP contribution in [0.25, 0.3) is 0 Å². The third-order valence-electron chi connectivity index (χ3n) is 2.48. The van der Waals surface area contributed by atoms with Crippen LogP contribution in [-0.2, 0) is 0 Å². The summed E-state index contributed by atoms with van der Waals surface area (Å²) in [6.07, 6.45) is -4.67. The summed E-state index contributed by atoms with van der Waals surface area (Å²) in [5, 5.41) is 0. The molecule has 0 radical (unpaired) electrons. The third-order valence-corrected chi connectivity index (χ3v) is 2.48. The average Bonchev–Trinajstić information content (AvgIpc) is 2.17. The molecule has 3 nitrogen and oxygen atoms in total. The number of benzene rings is 1. The Balaban J connectivity index is 2.88. The fourth-order valence-electron chi connectivity index (χ4n) is 1.71. The van der Waals surface area contributed by atoms with Gasteiger partial charge >= 0.3 is 6.36 Å². The normalized spacial score (nSPS) is 14.4. The average molecular weight is 262 g/mol. The number of nitrogens with one attached hydrogen (secondary N) is 1. The van der Waals surface area contributed by atoms with Gasteiger partial charge in [-0.25, -0.2) is 0 Å². The lowest BCUT2D eigenvalue weighted by atomic mass is 9.83. The highest BCUT2D eigenvalue weighted by atomic mass is 19.4. The summed E-state index contributed by atoms with van der Waals surface area (Å²) in [6.45, 7) is 5.95. The van der Waals surface area contributed by atoms with Gasteiger partial charge < -0.3 is 4.74 Å². The molecule has 6 heteroatoms. The van der Waals surface area contributed by atoms with E-state index in [1.54, 1.807) is 12.1 Å². The van der Waals surface area contributed by atoms with Crippen LogP contribution in [0.1, 0.15) is 32.4 Å². The van der Waals surface area contributed by atoms with E-state index in [9.17, 15) is 13.2 Å². The molecule has 1 aromatic rings. The van der Waals surface area contributed by atoms with Crippen LogP contribution in [0.2, 0.25) is 0 Å². The molecule has 0 aliphatic carbocycles. The van der Waals surface area contributed by atoms with Crippen LogP contribution in [0.4, 0.5) is 13.2 Å². The van der Waals surface area contributed by atoms with Gasteiger partial charge in [-0.15, -0.1) is 13.2 Å². The van der Waals surface area contributed by atoms with Crippen LogP contribution in [0.5, 0.6) is 5.75 Å². The molecule has 1 atom stereocenters. The second kappa shape index (κ2) is 5.16. The minimum Gasteiger partial charge on any atom is -0.406 e. The Morgan fingerprint density at radius 3 is 1.94 bits per heavy atom. The van der Waals surface area contributed by atoms with Crippen molar-refractivity contribution in [1.29, 1.82) is 0 Å². The van der Waals surface area contributed by atoms with E-state index in [0.717, 1.165) is 5.56 Å². The van der Waals surface area contributed by atoms with E-state index >= 15 is 0 Å². The smallest absolute Gasteiger partial charge is 0.406 e. The van der Waals surface area contributed by atoms with Gasteiger partial charge in [0.05, 0.1) is 6.04 Å². The quantitative estimate of drug-likeness (QED) is 0.650. The number of hydrazine groups is 1. The maximum Gasteiger partial charge on any atom is 0.573 e. The van der Waals surface area contributed by atoms with Crippen LogP contribution >= 0.6 is 0 Å². The number of hydrogen-bond acceptors (Lipinski definition) is 3. The molecule has 0 spiro atoms. The monoisotopic (exact) mass is 262 g/mol. The van der Waals surface area contributed by atoms with Crippen molar-refractivity contribution >= 4 is 0 Å². The first-order chi connectivity index (χ1) is 8.13. The molecule has 0 aliphatic heterocycles. The van der Waals surface area contributed by atoms with Crippen molar-refractivity contribution in [2.45, 2.75) is 33.2 Å². The summed E-state index contributed by atoms with van der Waals surface area (Å²) in [6, 6.07) is 5.53. The van der Waals surface area contributed by atoms with Crippen LogP contribution in [0.3, 0.4) is 0 Å². The Morgan fingerprint density at radius 2 is 1.61 bits per heavy atom. The first-order valence-electron chi connectivity index (χ1n) is 5.45. The largest absolute Gasteiger partial charge is 0.573 e. The maximum atomic E-state index is 12.0. The second-order valence-electron chi connectivity index (χ2n) is 5.08. The topological polar surface area (TPSA) is 47.3 Å². The minimum atomic E-state index is -4.67. The Morgan fingerprint density at radius 1 is 1.11 bits per heavy atom. The highest BCUT2D eigenvalue weighted by Gasteiger charge is 2.31. The van der Waals surface area contributed by atoms with Crippen LogP contribution in [-0.4, -0.2) is 6.36 Å². The van der Waals surface area contributed by atoms with Crippen molar-refractivity contribution in [3.8, 4) is 5.75 Å². The molecule has 1 unspecified atom stereocenters. The number of ether oxygens (including phenoxy) is 1. The lowest BCUT2D eigenvalue weighted by Crippen LogP contribution is -2.36. The van der Waals surface area contributed by atoms with E-state index in [1.165, 1.54) is 12.1 Å². The molecule has 0 saturated carbocycles. The van der Waals surface area contributed by atoms with Gasteiger partial charge in [-0.3, -0.25) is 11.3 Å². The molecule has 18 heavy (non-hydrogen) atoms. The molecule has 0 fully saturated rings. The van der Waals surface area contributed by atoms with E-state index in [1.807, 2.05) is 20.8 Å². The van der Waals surface area contributed by atoms with E-state index < -0.39 is 6.36 Å². The molecule has 0 bridgehead atoms. The number of alkyl halides is 3. The summed E-state index contributed by atoms with van der Waals surface area (Å²) in [5.74, 6) is 5.23. The molecule has 0 saturated heterocycles. The lowest BCUT2D eigenvalue weighted by molar-refractivity contribution is -0.274. The molecule has 0 heterocycles. The number of hydrogen-bond donors (Lipinski definition) is 2. The molecule has 1 rings (SSSR count). The van der Waals surface area contributed by atoms with Crippen molar-refractivity contribution in [3.05, 3.63) is 29.8 Å². The Kier molecular flexibility index (Phi) is 4.24. The third kappa shape index (κ3) is 4.19. The van der Waals surface area contributed by atoms with E-state index in [-0.39, 0.29) is 17.2 Å². The van der Waals surface area contributed by atoms with Crippen LogP contribution < -0.4 is 16.0 Å². The van der Waals surface area contributed by atoms with Crippen LogP contribution in [0.15, 0.2) is 24.3 Å². The van der Waals surface area contributed by atoms with E-state index in [4.69, 9.17) is 5.84 Å². The van der Waals surface area contributed by atoms with Gasteiger partial charge in [0.1, 0.15) is 5.75 Å². The van der Waals surface area contributed by atoms with Gasteiger partial charge in [0.15, 0.2) is 0 Å². The van der Waals surface area contributed by atoms with Crippen molar-refractivity contribution in [3.63, 3.8) is 0 Å². The zero-order valence-corrected chi connectivity index (χ0v) is 10.5. The Hall–Kier alpha value is -1.27. The molecule has 0 aliphatic rings. The number of rotatable bonds is 3. The zero-order chi connectivity index (χ0) is 14.0. The maximum absolute atomic E-state index is 12.0. The van der Waals surface area contributed by atoms with Crippen LogP contribution in [0, 0.1) is 5.41 Å². The fourth-order valence-corrected chi connectivity index (χ4v) is 1.71. The highest BCUT2D eigenvalue weighted by molar-refractivity contribution is 5.30.